The molecule has 6 heteroatoms. The zero-order valence-electron chi connectivity index (χ0n) is 8.75. The average molecular weight is 254 g/mol. The van der Waals surface area contributed by atoms with Crippen LogP contribution in [0.25, 0.3) is 0 Å². The monoisotopic (exact) mass is 254 g/mol. The van der Waals surface area contributed by atoms with Gasteiger partial charge in [-0.05, 0) is 0 Å². The lowest BCUT2D eigenvalue weighted by atomic mass is 9.94. The van der Waals surface area contributed by atoms with Crippen LogP contribution in [0.2, 0.25) is 0 Å². The summed E-state index contributed by atoms with van der Waals surface area (Å²) in [4.78, 5) is 23.3. The molecule has 0 aromatic heterocycles. The Labute approximate surface area is 99.2 Å². The molecule has 0 radical (unpaired) electrons. The van der Waals surface area contributed by atoms with Gasteiger partial charge in [0.1, 0.15) is 0 Å². The number of benzene rings is 1. The normalized spacial score (nSPS) is 13.8. The number of allylic oxidation sites excluding steroid dienone is 2. The van der Waals surface area contributed by atoms with E-state index in [2.05, 4.69) is 4.74 Å². The molecule has 3 nitrogen and oxygen atoms in total. The second-order valence-corrected chi connectivity index (χ2v) is 3.38. The van der Waals surface area contributed by atoms with Gasteiger partial charge in [-0.1, -0.05) is 24.3 Å². The molecule has 0 heterocycles. The fourth-order valence-electron chi connectivity index (χ4n) is 1.50. The first-order chi connectivity index (χ1) is 8.50. The Morgan fingerprint density at radius 1 is 1.00 bits per heavy atom. The maximum Gasteiger partial charge on any atom is 0.344 e. The lowest BCUT2D eigenvalue weighted by Gasteiger charge is -2.13. The van der Waals surface area contributed by atoms with Crippen LogP contribution in [0.1, 0.15) is 20.7 Å². The van der Waals surface area contributed by atoms with Gasteiger partial charge in [0, 0.05) is 17.2 Å². The van der Waals surface area contributed by atoms with Crippen molar-refractivity contribution < 1.29 is 27.5 Å². The number of rotatable bonds is 2. The van der Waals surface area contributed by atoms with Gasteiger partial charge >= 0.3 is 12.1 Å². The summed E-state index contributed by atoms with van der Waals surface area (Å²) in [5.74, 6) is -2.18. The first kappa shape index (κ1) is 12.1. The molecule has 0 saturated carbocycles. The van der Waals surface area contributed by atoms with Crippen molar-refractivity contribution in [2.45, 2.75) is 0 Å². The molecule has 0 fully saturated rings. The van der Waals surface area contributed by atoms with Crippen molar-refractivity contribution in [3.63, 3.8) is 0 Å². The molecule has 0 atom stereocenters. The van der Waals surface area contributed by atoms with Crippen molar-refractivity contribution >= 4 is 11.6 Å². The number of hydrogen-bond acceptors (Lipinski definition) is 3. The molecular weight excluding hydrogens is 249 g/mol. The van der Waals surface area contributed by atoms with Crippen LogP contribution in [0.4, 0.5) is 13.2 Å². The predicted molar refractivity (Wildman–Crippen MR) is 54.6 cm³/mol. The quantitative estimate of drug-likeness (QED) is 0.762. The van der Waals surface area contributed by atoms with E-state index in [4.69, 9.17) is 0 Å². The number of ketones is 2. The van der Waals surface area contributed by atoms with Crippen molar-refractivity contribution in [3.8, 4) is 0 Å². The smallest absolute Gasteiger partial charge is 0.344 e. The highest BCUT2D eigenvalue weighted by atomic mass is 19.3. The summed E-state index contributed by atoms with van der Waals surface area (Å²) in [6.45, 7) is 0. The Kier molecular flexibility index (Phi) is 3.01. The van der Waals surface area contributed by atoms with Crippen molar-refractivity contribution in [2.75, 3.05) is 0 Å². The van der Waals surface area contributed by atoms with Gasteiger partial charge in [0.2, 0.25) is 5.78 Å². The number of carbonyl (C=O) groups excluding carboxylic acids is 2. The Bertz CT molecular complexity index is 598. The maximum atomic E-state index is 12.6. The van der Waals surface area contributed by atoms with E-state index in [1.807, 2.05) is 0 Å². The molecule has 1 aromatic rings. The van der Waals surface area contributed by atoms with Gasteiger partial charge in [-0.2, -0.15) is 13.2 Å². The van der Waals surface area contributed by atoms with Crippen molar-refractivity contribution in [2.24, 2.45) is 0 Å². The Morgan fingerprint density at radius 2 is 1.61 bits per heavy atom. The summed E-state index contributed by atoms with van der Waals surface area (Å²) in [6, 6.07) is 3.59. The van der Waals surface area contributed by atoms with Gasteiger partial charge in [-0.15, -0.1) is 0 Å². The molecule has 0 saturated heterocycles. The minimum atomic E-state index is -2.70. The second kappa shape index (κ2) is 4.48. The van der Waals surface area contributed by atoms with E-state index in [-0.39, 0.29) is 11.1 Å². The molecule has 1 aromatic carbocycles. The van der Waals surface area contributed by atoms with Crippen LogP contribution >= 0.6 is 0 Å². The number of carbonyl (C=O) groups is 2. The van der Waals surface area contributed by atoms with E-state index in [0.717, 1.165) is 0 Å². The lowest BCUT2D eigenvalue weighted by Crippen LogP contribution is -2.18. The number of hydrogen-bond donors (Lipinski definition) is 0. The maximum absolute atomic E-state index is 12.6. The third kappa shape index (κ3) is 2.04. The number of Topliss-reactive ketones (excluding diaryl/α,β-unsaturated/α-hetero) is 1. The van der Waals surface area contributed by atoms with Gasteiger partial charge in [0.15, 0.2) is 11.5 Å². The topological polar surface area (TPSA) is 43.4 Å². The van der Waals surface area contributed by atoms with E-state index in [1.165, 1.54) is 18.2 Å². The largest absolute Gasteiger partial charge is 0.423 e. The molecule has 0 unspecified atom stereocenters. The van der Waals surface area contributed by atoms with Crippen LogP contribution in [-0.2, 0) is 4.74 Å². The standard InChI is InChI=1S/C12H5F3O3/c13-11(14)12(15)18-9-5-8(16)6-3-1-2-4-7(6)10(9)17/h1-5H. The van der Waals surface area contributed by atoms with E-state index >= 15 is 0 Å². The zero-order chi connectivity index (χ0) is 13.3. The first-order valence-electron chi connectivity index (χ1n) is 4.79. The van der Waals surface area contributed by atoms with Gasteiger partial charge < -0.3 is 4.74 Å². The van der Waals surface area contributed by atoms with Crippen LogP contribution in [0.3, 0.4) is 0 Å². The van der Waals surface area contributed by atoms with Crippen molar-refractivity contribution in [3.05, 3.63) is 59.3 Å². The minimum absolute atomic E-state index is 0.00735. The van der Waals surface area contributed by atoms with E-state index in [9.17, 15) is 22.8 Å². The third-order valence-electron chi connectivity index (χ3n) is 2.27. The molecule has 2 rings (SSSR count). The fourth-order valence-corrected chi connectivity index (χ4v) is 1.50. The van der Waals surface area contributed by atoms with Crippen LogP contribution in [0.5, 0.6) is 0 Å². The predicted octanol–water partition coefficient (Wildman–Crippen LogP) is 3.00. The molecule has 0 N–H and O–H groups in total. The summed E-state index contributed by atoms with van der Waals surface area (Å²) in [6.07, 6.45) is -2.01. The van der Waals surface area contributed by atoms with E-state index in [1.54, 1.807) is 6.07 Å². The SMILES string of the molecule is O=C1C=C(OC(F)=C(F)F)C(=O)c2ccccc21. The Hall–Kier alpha value is -2.37. The lowest BCUT2D eigenvalue weighted by molar-refractivity contribution is 0.0875. The molecule has 0 bridgehead atoms. The highest BCUT2D eigenvalue weighted by molar-refractivity contribution is 6.23. The molecule has 0 amide bonds. The highest BCUT2D eigenvalue weighted by Crippen LogP contribution is 2.24. The number of fused-ring (bicyclic) bond motifs is 1. The average Bonchev–Trinajstić information content (AvgIpc) is 2.35. The van der Waals surface area contributed by atoms with Crippen LogP contribution in [-0.4, -0.2) is 11.6 Å². The molecule has 0 spiro atoms. The second-order valence-electron chi connectivity index (χ2n) is 3.38. The molecule has 92 valence electrons. The zero-order valence-corrected chi connectivity index (χ0v) is 8.75. The van der Waals surface area contributed by atoms with E-state index in [0.29, 0.717) is 6.08 Å². The third-order valence-corrected chi connectivity index (χ3v) is 2.27. The first-order valence-corrected chi connectivity index (χ1v) is 4.79. The Morgan fingerprint density at radius 3 is 2.22 bits per heavy atom. The summed E-state index contributed by atoms with van der Waals surface area (Å²) in [5.41, 5.74) is 0.118. The fraction of sp³-hybridized carbons (Fsp3) is 0. The van der Waals surface area contributed by atoms with Crippen LogP contribution in [0, 0.1) is 0 Å². The number of halogens is 3. The van der Waals surface area contributed by atoms with Gasteiger partial charge in [-0.25, -0.2) is 0 Å². The van der Waals surface area contributed by atoms with Crippen LogP contribution in [0.15, 0.2) is 48.2 Å². The van der Waals surface area contributed by atoms with E-state index < -0.39 is 29.4 Å². The summed E-state index contributed by atoms with van der Waals surface area (Å²) < 4.78 is 40.4. The van der Waals surface area contributed by atoms with Crippen LogP contribution < -0.4 is 0 Å². The molecular formula is C12H5F3O3. The minimum Gasteiger partial charge on any atom is -0.423 e. The van der Waals surface area contributed by atoms with Crippen molar-refractivity contribution in [1.29, 1.82) is 0 Å². The molecule has 0 aliphatic heterocycles. The van der Waals surface area contributed by atoms with Gasteiger partial charge in [-0.3, -0.25) is 9.59 Å². The van der Waals surface area contributed by atoms with Gasteiger partial charge in [0.25, 0.3) is 0 Å². The Balaban J connectivity index is 2.41. The van der Waals surface area contributed by atoms with Gasteiger partial charge in [0.05, 0.1) is 0 Å². The molecule has 18 heavy (non-hydrogen) atoms. The van der Waals surface area contributed by atoms with Crippen molar-refractivity contribution in [1.82, 2.24) is 0 Å². The summed E-state index contributed by atoms with van der Waals surface area (Å²) in [5, 5.41) is 0. The highest BCUT2D eigenvalue weighted by Gasteiger charge is 2.28. The molecule has 1 aliphatic rings. The summed E-state index contributed by atoms with van der Waals surface area (Å²) >= 11 is 0. The molecule has 1 aliphatic carbocycles. The number of ether oxygens (including phenoxy) is 1. The summed E-state index contributed by atoms with van der Waals surface area (Å²) in [7, 11) is 0.